The highest BCUT2D eigenvalue weighted by Crippen LogP contribution is 2.29. The van der Waals surface area contributed by atoms with Crippen LogP contribution in [0.15, 0.2) is 0 Å². The summed E-state index contributed by atoms with van der Waals surface area (Å²) in [5.74, 6) is 2.11. The Labute approximate surface area is 260 Å². The molecule has 3 aliphatic carbocycles. The molecule has 4 aliphatic rings. The number of alkyl halides is 1. The summed E-state index contributed by atoms with van der Waals surface area (Å²) in [4.78, 5) is 22.1. The normalized spacial score (nSPS) is 23.8. The van der Waals surface area contributed by atoms with Gasteiger partial charge in [-0.1, -0.05) is 96.3 Å². The van der Waals surface area contributed by atoms with E-state index in [2.05, 4.69) is 10.6 Å². The molecule has 4 rings (SSSR count). The standard InChI is InChI=1S/C11H20ClNO2.C11H19NO2.C9H19NO.ClH/c12-7-11(15)13-10(8-14)6-9-4-2-1-3-5-9;13-11-8-14-7-10(12-11)6-9-4-2-1-3-5-9;10-9(7-11)6-8-4-2-1-3-5-8;/h9-10,14H,1-8H2,(H,13,15);9-10H,1-8H2,(H,12,13);8-9,11H,1-7,10H2;1H/t2*10-;9-;/m000./s1. The number of carbonyl (C=O) groups excluding carboxylic acids is 2. The molecular formula is C31H59Cl2N3O5. The van der Waals surface area contributed by atoms with Gasteiger partial charge in [0.1, 0.15) is 12.5 Å². The van der Waals surface area contributed by atoms with Gasteiger partial charge in [0.05, 0.1) is 31.9 Å². The van der Waals surface area contributed by atoms with Crippen LogP contribution in [0, 0.1) is 17.8 Å². The Morgan fingerprint density at radius 3 is 1.85 bits per heavy atom. The second kappa shape index (κ2) is 23.8. The maximum atomic E-state index is 11.1. The van der Waals surface area contributed by atoms with Gasteiger partial charge in [0.2, 0.25) is 11.8 Å². The number of hydrogen-bond donors (Lipinski definition) is 5. The molecule has 0 spiro atoms. The number of morpholine rings is 1. The second-order valence-electron chi connectivity index (χ2n) is 12.5. The lowest BCUT2D eigenvalue weighted by molar-refractivity contribution is -0.131. The number of ether oxygens (including phenoxy) is 1. The summed E-state index contributed by atoms with van der Waals surface area (Å²) < 4.78 is 5.22. The van der Waals surface area contributed by atoms with Crippen molar-refractivity contribution < 1.29 is 24.5 Å². The van der Waals surface area contributed by atoms with Crippen molar-refractivity contribution in [3.8, 4) is 0 Å². The van der Waals surface area contributed by atoms with Gasteiger partial charge < -0.3 is 31.3 Å². The number of rotatable bonds is 10. The molecule has 242 valence electrons. The van der Waals surface area contributed by atoms with Gasteiger partial charge in [-0.2, -0.15) is 0 Å². The molecule has 0 unspecified atom stereocenters. The molecule has 41 heavy (non-hydrogen) atoms. The van der Waals surface area contributed by atoms with E-state index in [4.69, 9.17) is 32.3 Å². The number of nitrogens with two attached hydrogens (primary N) is 1. The largest absolute Gasteiger partial charge is 0.395 e. The van der Waals surface area contributed by atoms with E-state index in [-0.39, 0.29) is 68.0 Å². The van der Waals surface area contributed by atoms with Gasteiger partial charge in [0.15, 0.2) is 0 Å². The SMILES string of the molecule is Cl.N[C@H](CO)CC1CCCCC1.O=C(CCl)N[C@H](CO)CC1CCCCC1.O=C1COC[C@H](CC2CCCCC2)N1. The molecule has 0 bridgehead atoms. The number of carbonyl (C=O) groups is 2. The lowest BCUT2D eigenvalue weighted by Crippen LogP contribution is -2.46. The molecule has 1 saturated heterocycles. The minimum absolute atomic E-state index is 0. The van der Waals surface area contributed by atoms with Crippen molar-refractivity contribution in [2.45, 2.75) is 134 Å². The fourth-order valence-corrected chi connectivity index (χ4v) is 6.83. The van der Waals surface area contributed by atoms with Gasteiger partial charge in [-0.25, -0.2) is 0 Å². The molecule has 3 saturated carbocycles. The highest BCUT2D eigenvalue weighted by molar-refractivity contribution is 6.27. The van der Waals surface area contributed by atoms with E-state index >= 15 is 0 Å². The minimum Gasteiger partial charge on any atom is -0.395 e. The predicted octanol–water partition coefficient (Wildman–Crippen LogP) is 4.84. The van der Waals surface area contributed by atoms with Gasteiger partial charge in [-0.05, 0) is 37.0 Å². The maximum absolute atomic E-state index is 11.1. The van der Waals surface area contributed by atoms with Gasteiger partial charge in [0.25, 0.3) is 0 Å². The monoisotopic (exact) mass is 623 g/mol. The van der Waals surface area contributed by atoms with E-state index in [0.29, 0.717) is 12.5 Å². The van der Waals surface area contributed by atoms with Gasteiger partial charge >= 0.3 is 0 Å². The predicted molar refractivity (Wildman–Crippen MR) is 168 cm³/mol. The summed E-state index contributed by atoms with van der Waals surface area (Å²) in [6.45, 7) is 1.12. The maximum Gasteiger partial charge on any atom is 0.246 e. The number of amides is 2. The topological polar surface area (TPSA) is 134 Å². The summed E-state index contributed by atoms with van der Waals surface area (Å²) in [6, 6.07) is 0.191. The molecule has 0 aromatic carbocycles. The van der Waals surface area contributed by atoms with E-state index in [1.54, 1.807) is 0 Å². The first-order valence-electron chi connectivity index (χ1n) is 16.1. The Kier molecular flexibility index (Phi) is 22.3. The fourth-order valence-electron chi connectivity index (χ4n) is 6.75. The van der Waals surface area contributed by atoms with E-state index in [1.165, 1.54) is 96.3 Å². The van der Waals surface area contributed by atoms with Gasteiger partial charge in [-0.15, -0.1) is 24.0 Å². The average molecular weight is 625 g/mol. The number of hydrogen-bond acceptors (Lipinski definition) is 6. The van der Waals surface area contributed by atoms with Crippen LogP contribution in [0.1, 0.15) is 116 Å². The lowest BCUT2D eigenvalue weighted by Gasteiger charge is -2.29. The molecule has 0 aromatic rings. The third kappa shape index (κ3) is 17.9. The van der Waals surface area contributed by atoms with E-state index < -0.39 is 0 Å². The quantitative estimate of drug-likeness (QED) is 0.221. The molecule has 8 nitrogen and oxygen atoms in total. The number of halogens is 2. The Morgan fingerprint density at radius 2 is 1.39 bits per heavy atom. The van der Waals surface area contributed by atoms with Crippen LogP contribution in [0.5, 0.6) is 0 Å². The van der Waals surface area contributed by atoms with Crippen molar-refractivity contribution in [2.24, 2.45) is 23.5 Å². The molecule has 0 radical (unpaired) electrons. The number of nitrogens with one attached hydrogen (secondary N) is 2. The first-order chi connectivity index (χ1) is 19.4. The zero-order valence-electron chi connectivity index (χ0n) is 25.2. The third-order valence-corrected chi connectivity index (χ3v) is 9.15. The van der Waals surface area contributed by atoms with E-state index in [9.17, 15) is 9.59 Å². The van der Waals surface area contributed by atoms with Crippen LogP contribution >= 0.6 is 24.0 Å². The van der Waals surface area contributed by atoms with Crippen molar-refractivity contribution in [1.29, 1.82) is 0 Å². The number of aliphatic hydroxyl groups excluding tert-OH is 2. The Hall–Kier alpha value is -0.640. The first kappa shape index (κ1) is 38.4. The lowest BCUT2D eigenvalue weighted by atomic mass is 9.85. The highest BCUT2D eigenvalue weighted by Gasteiger charge is 2.23. The smallest absolute Gasteiger partial charge is 0.246 e. The van der Waals surface area contributed by atoms with Crippen LogP contribution in [0.25, 0.3) is 0 Å². The molecule has 1 heterocycles. The summed E-state index contributed by atoms with van der Waals surface area (Å²) in [6.07, 6.45) is 23.0. The summed E-state index contributed by atoms with van der Waals surface area (Å²) in [7, 11) is 0. The Balaban J connectivity index is 0.000000307. The van der Waals surface area contributed by atoms with Crippen molar-refractivity contribution >= 4 is 35.8 Å². The fraction of sp³-hybridized carbons (Fsp3) is 0.935. The molecule has 1 aliphatic heterocycles. The van der Waals surface area contributed by atoms with E-state index in [0.717, 1.165) is 31.1 Å². The zero-order valence-corrected chi connectivity index (χ0v) is 26.8. The van der Waals surface area contributed by atoms with Gasteiger partial charge in [-0.3, -0.25) is 9.59 Å². The van der Waals surface area contributed by atoms with Crippen molar-refractivity contribution in [1.82, 2.24) is 10.6 Å². The van der Waals surface area contributed by atoms with Crippen molar-refractivity contribution in [3.63, 3.8) is 0 Å². The Bertz CT molecular complexity index is 672. The molecule has 3 atom stereocenters. The second-order valence-corrected chi connectivity index (χ2v) is 12.8. The summed E-state index contributed by atoms with van der Waals surface area (Å²) in [5, 5.41) is 23.6. The van der Waals surface area contributed by atoms with Crippen LogP contribution in [0.3, 0.4) is 0 Å². The summed E-state index contributed by atoms with van der Waals surface area (Å²) >= 11 is 5.40. The van der Waals surface area contributed by atoms with Crippen LogP contribution in [-0.2, 0) is 14.3 Å². The molecular weight excluding hydrogens is 565 g/mol. The van der Waals surface area contributed by atoms with Crippen molar-refractivity contribution in [2.75, 3.05) is 32.3 Å². The molecule has 2 amide bonds. The molecule has 6 N–H and O–H groups in total. The molecule has 10 heteroatoms. The average Bonchev–Trinajstić information content (AvgIpc) is 2.99. The van der Waals surface area contributed by atoms with Crippen LogP contribution in [-0.4, -0.2) is 72.5 Å². The first-order valence-corrected chi connectivity index (χ1v) is 16.7. The van der Waals surface area contributed by atoms with Crippen LogP contribution in [0.4, 0.5) is 0 Å². The van der Waals surface area contributed by atoms with Crippen LogP contribution < -0.4 is 16.4 Å². The van der Waals surface area contributed by atoms with Crippen molar-refractivity contribution in [3.05, 3.63) is 0 Å². The third-order valence-electron chi connectivity index (χ3n) is 8.90. The van der Waals surface area contributed by atoms with Gasteiger partial charge in [0, 0.05) is 6.04 Å². The van der Waals surface area contributed by atoms with Crippen LogP contribution in [0.2, 0.25) is 0 Å². The Morgan fingerprint density at radius 1 is 0.878 bits per heavy atom. The molecule has 4 fully saturated rings. The zero-order chi connectivity index (χ0) is 29.0. The minimum atomic E-state index is -0.188. The molecule has 0 aromatic heterocycles. The highest BCUT2D eigenvalue weighted by atomic mass is 35.5. The summed E-state index contributed by atoms with van der Waals surface area (Å²) in [5.41, 5.74) is 5.65. The number of aliphatic hydroxyl groups is 2. The van der Waals surface area contributed by atoms with E-state index in [1.807, 2.05) is 0 Å².